The highest BCUT2D eigenvalue weighted by molar-refractivity contribution is 7.89. The van der Waals surface area contributed by atoms with Gasteiger partial charge in [0.1, 0.15) is 5.69 Å². The van der Waals surface area contributed by atoms with Gasteiger partial charge in [-0.1, -0.05) is 22.9 Å². The molecule has 8 nitrogen and oxygen atoms in total. The topological polar surface area (TPSA) is 102 Å². The lowest BCUT2D eigenvalue weighted by Gasteiger charge is -2.32. The molecule has 0 spiro atoms. The summed E-state index contributed by atoms with van der Waals surface area (Å²) in [6, 6.07) is 3.85. The summed E-state index contributed by atoms with van der Waals surface area (Å²) in [5, 5.41) is 3.98. The number of piperidine rings is 1. The van der Waals surface area contributed by atoms with Gasteiger partial charge in [-0.2, -0.15) is 9.29 Å². The van der Waals surface area contributed by atoms with E-state index in [9.17, 15) is 8.42 Å². The number of nitrogens with zero attached hydrogens (tertiary/aromatic N) is 5. The molecule has 3 aromatic rings. The Morgan fingerprint density at radius 2 is 1.93 bits per heavy atom. The summed E-state index contributed by atoms with van der Waals surface area (Å²) in [5.41, 5.74) is 3.20. The molecule has 0 bridgehead atoms. The first-order valence-corrected chi connectivity index (χ1v) is 11.5. The second-order valence-electron chi connectivity index (χ2n) is 7.91. The van der Waals surface area contributed by atoms with Crippen LogP contribution in [0.15, 0.2) is 40.1 Å². The van der Waals surface area contributed by atoms with Gasteiger partial charge in [-0.3, -0.25) is 4.98 Å². The fourth-order valence-electron chi connectivity index (χ4n) is 4.22. The van der Waals surface area contributed by atoms with Crippen molar-refractivity contribution in [1.29, 1.82) is 0 Å². The number of hydrogen-bond donors (Lipinski definition) is 0. The molecule has 0 aliphatic carbocycles. The Kier molecular flexibility index (Phi) is 5.66. The van der Waals surface area contributed by atoms with Crippen LogP contribution in [0.2, 0.25) is 0 Å². The van der Waals surface area contributed by atoms with Gasteiger partial charge in [-0.05, 0) is 50.7 Å². The second-order valence-corrected chi connectivity index (χ2v) is 9.78. The van der Waals surface area contributed by atoms with E-state index in [2.05, 4.69) is 20.1 Å². The third-order valence-electron chi connectivity index (χ3n) is 5.41. The Hall–Kier alpha value is -2.65. The van der Waals surface area contributed by atoms with E-state index >= 15 is 0 Å². The first-order chi connectivity index (χ1) is 14.3. The van der Waals surface area contributed by atoms with Gasteiger partial charge in [0.2, 0.25) is 21.7 Å². The molecule has 2 aromatic heterocycles. The van der Waals surface area contributed by atoms with Crippen LogP contribution in [-0.2, 0) is 16.4 Å². The molecule has 0 saturated carbocycles. The molecule has 0 amide bonds. The van der Waals surface area contributed by atoms with Crippen molar-refractivity contribution in [1.82, 2.24) is 24.4 Å². The summed E-state index contributed by atoms with van der Waals surface area (Å²) in [6.45, 7) is 6.67. The van der Waals surface area contributed by atoms with Crippen LogP contribution < -0.4 is 0 Å². The largest absolute Gasteiger partial charge is 0.339 e. The molecule has 30 heavy (non-hydrogen) atoms. The number of aromatic nitrogens is 4. The van der Waals surface area contributed by atoms with Gasteiger partial charge >= 0.3 is 0 Å². The molecule has 3 heterocycles. The summed E-state index contributed by atoms with van der Waals surface area (Å²) >= 11 is 0. The Labute approximate surface area is 176 Å². The van der Waals surface area contributed by atoms with Crippen molar-refractivity contribution < 1.29 is 12.9 Å². The highest BCUT2D eigenvalue weighted by atomic mass is 32.2. The Morgan fingerprint density at radius 1 is 1.17 bits per heavy atom. The quantitative estimate of drug-likeness (QED) is 0.616. The maximum absolute atomic E-state index is 13.4. The molecule has 9 heteroatoms. The summed E-state index contributed by atoms with van der Waals surface area (Å²) in [5.74, 6) is 1.00. The molecule has 1 aliphatic heterocycles. The van der Waals surface area contributed by atoms with E-state index in [1.165, 1.54) is 0 Å². The number of aryl methyl sites for hydroxylation is 3. The van der Waals surface area contributed by atoms with Crippen molar-refractivity contribution in [2.24, 2.45) is 5.92 Å². The normalized spacial score (nSPS) is 17.9. The van der Waals surface area contributed by atoms with E-state index in [0.717, 1.165) is 29.5 Å². The monoisotopic (exact) mass is 427 g/mol. The molecule has 1 unspecified atom stereocenters. The maximum atomic E-state index is 13.4. The summed E-state index contributed by atoms with van der Waals surface area (Å²) < 4.78 is 33.8. The third-order valence-corrected chi connectivity index (χ3v) is 7.58. The standard InChI is InChI=1S/C21H25N5O3S/c1-14-9-15(2)20(16(3)10-14)30(27,28)26-8-4-5-17(13-26)11-19-24-21(25-29-19)18-12-22-6-7-23-18/h6-7,9-10,12,17H,4-5,8,11,13H2,1-3H3. The molecule has 1 aromatic carbocycles. The Bertz CT molecular complexity index is 1120. The first-order valence-electron chi connectivity index (χ1n) is 10.0. The predicted octanol–water partition coefficient (Wildman–Crippen LogP) is 3.10. The van der Waals surface area contributed by atoms with E-state index in [-0.39, 0.29) is 5.92 Å². The van der Waals surface area contributed by atoms with E-state index in [4.69, 9.17) is 4.52 Å². The zero-order valence-electron chi connectivity index (χ0n) is 17.4. The zero-order chi connectivity index (χ0) is 21.3. The third kappa shape index (κ3) is 4.13. The fraction of sp³-hybridized carbons (Fsp3) is 0.429. The van der Waals surface area contributed by atoms with Crippen LogP contribution in [0, 0.1) is 26.7 Å². The number of benzene rings is 1. The summed E-state index contributed by atoms with van der Waals surface area (Å²) in [4.78, 5) is 13.0. The molecule has 158 valence electrons. The van der Waals surface area contributed by atoms with Gasteiger partial charge < -0.3 is 4.52 Å². The Balaban J connectivity index is 1.51. The Morgan fingerprint density at radius 3 is 2.63 bits per heavy atom. The van der Waals surface area contributed by atoms with Crippen LogP contribution >= 0.6 is 0 Å². The van der Waals surface area contributed by atoms with Crippen molar-refractivity contribution in [3.63, 3.8) is 0 Å². The molecule has 1 aliphatic rings. The smallest absolute Gasteiger partial charge is 0.243 e. The van der Waals surface area contributed by atoms with Crippen molar-refractivity contribution >= 4 is 10.0 Å². The highest BCUT2D eigenvalue weighted by Gasteiger charge is 2.33. The van der Waals surface area contributed by atoms with E-state index < -0.39 is 10.0 Å². The highest BCUT2D eigenvalue weighted by Crippen LogP contribution is 2.30. The van der Waals surface area contributed by atoms with Crippen molar-refractivity contribution in [2.45, 2.75) is 44.9 Å². The number of rotatable bonds is 5. The lowest BCUT2D eigenvalue weighted by molar-refractivity contribution is 0.247. The maximum Gasteiger partial charge on any atom is 0.243 e. The molecular weight excluding hydrogens is 402 g/mol. The van der Waals surface area contributed by atoms with Gasteiger partial charge in [0.25, 0.3) is 0 Å². The van der Waals surface area contributed by atoms with Crippen LogP contribution in [0.4, 0.5) is 0 Å². The van der Waals surface area contributed by atoms with Crippen LogP contribution in [0.25, 0.3) is 11.5 Å². The molecule has 1 fully saturated rings. The van der Waals surface area contributed by atoms with Gasteiger partial charge in [0.15, 0.2) is 0 Å². The lowest BCUT2D eigenvalue weighted by Crippen LogP contribution is -2.41. The van der Waals surface area contributed by atoms with Crippen LogP contribution in [0.5, 0.6) is 0 Å². The molecule has 0 radical (unpaired) electrons. The van der Waals surface area contributed by atoms with Crippen LogP contribution in [-0.4, -0.2) is 45.9 Å². The van der Waals surface area contributed by atoms with Crippen LogP contribution in [0.3, 0.4) is 0 Å². The first kappa shape index (κ1) is 20.6. The van der Waals surface area contributed by atoms with Crippen molar-refractivity contribution in [2.75, 3.05) is 13.1 Å². The predicted molar refractivity (Wildman–Crippen MR) is 111 cm³/mol. The molecule has 4 rings (SSSR count). The second kappa shape index (κ2) is 8.23. The van der Waals surface area contributed by atoms with E-state index in [1.54, 1.807) is 22.9 Å². The molecule has 1 saturated heterocycles. The zero-order valence-corrected chi connectivity index (χ0v) is 18.2. The minimum Gasteiger partial charge on any atom is -0.339 e. The van der Waals surface area contributed by atoms with E-state index in [0.29, 0.717) is 41.8 Å². The molecule has 0 N–H and O–H groups in total. The minimum atomic E-state index is -3.55. The molecular formula is C21H25N5O3S. The SMILES string of the molecule is Cc1cc(C)c(S(=O)(=O)N2CCCC(Cc3nc(-c4cnccn4)no3)C2)c(C)c1. The average Bonchev–Trinajstić information content (AvgIpc) is 3.16. The number of hydrogen-bond acceptors (Lipinski definition) is 7. The number of sulfonamides is 1. The molecule has 1 atom stereocenters. The van der Waals surface area contributed by atoms with Crippen LogP contribution in [0.1, 0.15) is 35.4 Å². The van der Waals surface area contributed by atoms with Gasteiger partial charge in [0.05, 0.1) is 11.1 Å². The van der Waals surface area contributed by atoms with Crippen molar-refractivity contribution in [3.8, 4) is 11.5 Å². The lowest BCUT2D eigenvalue weighted by atomic mass is 9.96. The summed E-state index contributed by atoms with van der Waals surface area (Å²) in [7, 11) is -3.55. The van der Waals surface area contributed by atoms with E-state index in [1.807, 2.05) is 32.9 Å². The van der Waals surface area contributed by atoms with Gasteiger partial charge in [-0.15, -0.1) is 0 Å². The fourth-order valence-corrected chi connectivity index (χ4v) is 6.18. The van der Waals surface area contributed by atoms with Gasteiger partial charge in [0, 0.05) is 31.9 Å². The minimum absolute atomic E-state index is 0.120. The average molecular weight is 428 g/mol. The van der Waals surface area contributed by atoms with Gasteiger partial charge in [-0.25, -0.2) is 13.4 Å². The van der Waals surface area contributed by atoms with Crippen molar-refractivity contribution in [3.05, 3.63) is 53.3 Å². The summed E-state index contributed by atoms with van der Waals surface area (Å²) in [6.07, 6.45) is 6.99.